The number of carbonyl (C=O) groups excluding carboxylic acids is 1. The van der Waals surface area contributed by atoms with Crippen molar-refractivity contribution in [2.75, 3.05) is 0 Å². The highest BCUT2D eigenvalue weighted by molar-refractivity contribution is 5.85. The molecule has 2 unspecified atom stereocenters. The molecule has 0 aromatic heterocycles. The first-order valence-corrected chi connectivity index (χ1v) is 7.61. The topological polar surface area (TPSA) is 41.5 Å². The molecule has 0 bridgehead atoms. The third-order valence-corrected chi connectivity index (χ3v) is 4.06. The lowest BCUT2D eigenvalue weighted by molar-refractivity contribution is -0.137. The van der Waals surface area contributed by atoms with Crippen LogP contribution in [0.5, 0.6) is 0 Å². The summed E-state index contributed by atoms with van der Waals surface area (Å²) in [6, 6.07) is 10.7. The van der Waals surface area contributed by atoms with E-state index in [4.69, 9.17) is 0 Å². The van der Waals surface area contributed by atoms with Gasteiger partial charge in [-0.05, 0) is 41.7 Å². The zero-order valence-electron chi connectivity index (χ0n) is 12.9. The Morgan fingerprint density at radius 1 is 1.12 bits per heavy atom. The largest absolute Gasteiger partial charge is 0.416 e. The molecule has 2 atom stereocenters. The first kappa shape index (κ1) is 17.1. The number of rotatable bonds is 4. The molecule has 3 nitrogen and oxygen atoms in total. The van der Waals surface area contributed by atoms with Crippen molar-refractivity contribution in [3.05, 3.63) is 71.0 Å². The Bertz CT molecular complexity index is 799. The van der Waals surface area contributed by atoms with Crippen molar-refractivity contribution in [3.63, 3.8) is 0 Å². The normalized spacial score (nSPS) is 19.8. The van der Waals surface area contributed by atoms with Crippen molar-refractivity contribution < 1.29 is 22.4 Å². The molecule has 1 amide bonds. The second kappa shape index (κ2) is 6.66. The fraction of sp³-hybridized carbons (Fsp3) is 0.222. The summed E-state index contributed by atoms with van der Waals surface area (Å²) < 4.78 is 51.0. The van der Waals surface area contributed by atoms with Gasteiger partial charge in [0, 0.05) is 5.92 Å². The Morgan fingerprint density at radius 2 is 1.80 bits per heavy atom. The molecular formula is C18H14F4N2O. The Kier molecular flexibility index (Phi) is 4.57. The first-order valence-electron chi connectivity index (χ1n) is 7.61. The zero-order valence-corrected chi connectivity index (χ0v) is 12.9. The van der Waals surface area contributed by atoms with E-state index in [1.54, 1.807) is 18.2 Å². The third-order valence-electron chi connectivity index (χ3n) is 4.06. The maximum Gasteiger partial charge on any atom is 0.416 e. The molecule has 7 heteroatoms. The van der Waals surface area contributed by atoms with Crippen LogP contribution in [0.25, 0.3) is 0 Å². The van der Waals surface area contributed by atoms with E-state index in [9.17, 15) is 22.4 Å². The molecule has 1 N–H and O–H groups in total. The third kappa shape index (κ3) is 4.04. The van der Waals surface area contributed by atoms with E-state index in [0.29, 0.717) is 17.5 Å². The van der Waals surface area contributed by atoms with Crippen LogP contribution in [0.4, 0.5) is 17.6 Å². The average molecular weight is 350 g/mol. The van der Waals surface area contributed by atoms with Gasteiger partial charge in [0.25, 0.3) is 0 Å². The predicted octanol–water partition coefficient (Wildman–Crippen LogP) is 4.10. The van der Waals surface area contributed by atoms with E-state index in [0.717, 1.165) is 12.1 Å². The maximum atomic E-state index is 13.7. The molecule has 0 saturated heterocycles. The van der Waals surface area contributed by atoms with Gasteiger partial charge in [-0.2, -0.15) is 18.3 Å². The number of benzene rings is 2. The number of hydrogen-bond donors (Lipinski definition) is 1. The molecule has 1 aliphatic rings. The number of carbonyl (C=O) groups is 1. The van der Waals surface area contributed by atoms with Gasteiger partial charge in [0.2, 0.25) is 5.91 Å². The van der Waals surface area contributed by atoms with Crippen LogP contribution in [-0.2, 0) is 11.0 Å². The predicted molar refractivity (Wildman–Crippen MR) is 84.4 cm³/mol. The standard InChI is InChI=1S/C18H14F4N2O/c19-16-4-2-1-3-13(16)14-9-15(14)17(25)24-23-10-11-5-7-12(8-6-11)18(20,21)22/h1-8,10,14-15H,9H2,(H,24,25). The molecule has 0 radical (unpaired) electrons. The Morgan fingerprint density at radius 3 is 2.44 bits per heavy atom. The minimum Gasteiger partial charge on any atom is -0.273 e. The number of hydrogen-bond acceptors (Lipinski definition) is 2. The number of nitrogens with one attached hydrogen (secondary N) is 1. The van der Waals surface area contributed by atoms with Crippen LogP contribution in [0.2, 0.25) is 0 Å². The highest BCUT2D eigenvalue weighted by Crippen LogP contribution is 2.48. The van der Waals surface area contributed by atoms with Crippen LogP contribution in [0.1, 0.15) is 29.0 Å². The van der Waals surface area contributed by atoms with E-state index in [2.05, 4.69) is 10.5 Å². The lowest BCUT2D eigenvalue weighted by Gasteiger charge is -2.05. The van der Waals surface area contributed by atoms with Gasteiger partial charge in [-0.3, -0.25) is 4.79 Å². The molecule has 0 heterocycles. The summed E-state index contributed by atoms with van der Waals surface area (Å²) in [5.74, 6) is -1.18. The highest BCUT2D eigenvalue weighted by atomic mass is 19.4. The van der Waals surface area contributed by atoms with Crippen molar-refractivity contribution >= 4 is 12.1 Å². The van der Waals surface area contributed by atoms with Crippen LogP contribution >= 0.6 is 0 Å². The Hall–Kier alpha value is -2.70. The number of amides is 1. The minimum atomic E-state index is -4.39. The van der Waals surface area contributed by atoms with Gasteiger partial charge >= 0.3 is 6.18 Å². The number of halogens is 4. The maximum absolute atomic E-state index is 13.7. The van der Waals surface area contributed by atoms with Crippen molar-refractivity contribution in [2.45, 2.75) is 18.5 Å². The number of hydrazone groups is 1. The summed E-state index contributed by atoms with van der Waals surface area (Å²) >= 11 is 0. The molecule has 130 valence electrons. The summed E-state index contributed by atoms with van der Waals surface area (Å²) in [5.41, 5.74) is 2.53. The monoisotopic (exact) mass is 350 g/mol. The summed E-state index contributed by atoms with van der Waals surface area (Å²) in [4.78, 5) is 12.0. The van der Waals surface area contributed by atoms with Gasteiger partial charge in [-0.1, -0.05) is 30.3 Å². The molecule has 1 saturated carbocycles. The fourth-order valence-electron chi connectivity index (χ4n) is 2.62. The molecule has 0 spiro atoms. The molecule has 2 aromatic rings. The molecular weight excluding hydrogens is 336 g/mol. The SMILES string of the molecule is O=C(NN=Cc1ccc(C(F)(F)F)cc1)C1CC1c1ccccc1F. The van der Waals surface area contributed by atoms with Crippen LogP contribution in [0.15, 0.2) is 53.6 Å². The summed E-state index contributed by atoms with van der Waals surface area (Å²) in [6.07, 6.45) is -2.58. The smallest absolute Gasteiger partial charge is 0.273 e. The van der Waals surface area contributed by atoms with Crippen LogP contribution in [-0.4, -0.2) is 12.1 Å². The summed E-state index contributed by atoms with van der Waals surface area (Å²) in [6.45, 7) is 0. The quantitative estimate of drug-likeness (QED) is 0.503. The first-order chi connectivity index (χ1) is 11.9. The summed E-state index contributed by atoms with van der Waals surface area (Å²) in [5, 5.41) is 3.75. The van der Waals surface area contributed by atoms with Gasteiger partial charge in [0.1, 0.15) is 5.82 Å². The van der Waals surface area contributed by atoms with Crippen LogP contribution < -0.4 is 5.43 Å². The second-order valence-electron chi connectivity index (χ2n) is 5.82. The lowest BCUT2D eigenvalue weighted by atomic mass is 10.1. The van der Waals surface area contributed by atoms with Crippen LogP contribution in [0.3, 0.4) is 0 Å². The molecule has 3 rings (SSSR count). The van der Waals surface area contributed by atoms with Gasteiger partial charge in [-0.15, -0.1) is 0 Å². The van der Waals surface area contributed by atoms with Gasteiger partial charge in [0.05, 0.1) is 11.8 Å². The zero-order chi connectivity index (χ0) is 18.0. The van der Waals surface area contributed by atoms with Gasteiger partial charge in [-0.25, -0.2) is 9.82 Å². The van der Waals surface area contributed by atoms with Crippen molar-refractivity contribution in [1.29, 1.82) is 0 Å². The highest BCUT2D eigenvalue weighted by Gasteiger charge is 2.45. The van der Waals surface area contributed by atoms with Crippen LogP contribution in [0, 0.1) is 11.7 Å². The number of alkyl halides is 3. The molecule has 1 fully saturated rings. The molecule has 0 aliphatic heterocycles. The van der Waals surface area contributed by atoms with Crippen molar-refractivity contribution in [3.8, 4) is 0 Å². The molecule has 1 aliphatic carbocycles. The van der Waals surface area contributed by atoms with E-state index < -0.39 is 11.7 Å². The Labute approximate surface area is 141 Å². The van der Waals surface area contributed by atoms with E-state index in [1.807, 2.05) is 0 Å². The second-order valence-corrected chi connectivity index (χ2v) is 5.82. The Balaban J connectivity index is 1.55. The molecule has 25 heavy (non-hydrogen) atoms. The van der Waals surface area contributed by atoms with Gasteiger partial charge < -0.3 is 0 Å². The van der Waals surface area contributed by atoms with Crippen molar-refractivity contribution in [2.24, 2.45) is 11.0 Å². The summed E-state index contributed by atoms with van der Waals surface area (Å²) in [7, 11) is 0. The molecule has 2 aromatic carbocycles. The number of nitrogens with zero attached hydrogens (tertiary/aromatic N) is 1. The van der Waals surface area contributed by atoms with E-state index >= 15 is 0 Å². The fourth-order valence-corrected chi connectivity index (χ4v) is 2.62. The van der Waals surface area contributed by atoms with Gasteiger partial charge in [0.15, 0.2) is 0 Å². The van der Waals surface area contributed by atoms with Crippen molar-refractivity contribution in [1.82, 2.24) is 5.43 Å². The lowest BCUT2D eigenvalue weighted by Crippen LogP contribution is -2.20. The van der Waals surface area contributed by atoms with E-state index in [-0.39, 0.29) is 23.6 Å². The minimum absolute atomic E-state index is 0.164. The average Bonchev–Trinajstić information content (AvgIpc) is 3.35. The van der Waals surface area contributed by atoms with E-state index in [1.165, 1.54) is 24.4 Å².